The summed E-state index contributed by atoms with van der Waals surface area (Å²) in [5, 5.41) is 6.79. The summed E-state index contributed by atoms with van der Waals surface area (Å²) in [6, 6.07) is 10.1. The summed E-state index contributed by atoms with van der Waals surface area (Å²) >= 11 is 3.02. The van der Waals surface area contributed by atoms with Crippen LogP contribution in [0.3, 0.4) is 0 Å². The highest BCUT2D eigenvalue weighted by atomic mass is 32.2. The van der Waals surface area contributed by atoms with Crippen LogP contribution in [-0.4, -0.2) is 21.6 Å². The van der Waals surface area contributed by atoms with Crippen LogP contribution in [0.4, 0.5) is 0 Å². The van der Waals surface area contributed by atoms with Crippen molar-refractivity contribution in [2.75, 3.05) is 5.75 Å². The molecule has 0 aliphatic rings. The molecule has 0 fully saturated rings. The van der Waals surface area contributed by atoms with Crippen LogP contribution in [-0.2, 0) is 11.3 Å². The van der Waals surface area contributed by atoms with E-state index in [2.05, 4.69) is 15.3 Å². The Bertz CT molecular complexity index is 783. The number of carbonyl (C=O) groups excluding carboxylic acids is 1. The lowest BCUT2D eigenvalue weighted by Gasteiger charge is -2.06. The molecule has 0 spiro atoms. The predicted octanol–water partition coefficient (Wildman–Crippen LogP) is 3.41. The van der Waals surface area contributed by atoms with Crippen LogP contribution in [0, 0.1) is 6.92 Å². The van der Waals surface area contributed by atoms with Crippen LogP contribution in [0.1, 0.15) is 11.1 Å². The van der Waals surface area contributed by atoms with E-state index in [9.17, 15) is 4.79 Å². The average Bonchev–Trinajstić information content (AvgIpc) is 3.01. The molecule has 0 radical (unpaired) electrons. The van der Waals surface area contributed by atoms with E-state index < -0.39 is 0 Å². The molecule has 1 amide bonds. The van der Waals surface area contributed by atoms with Crippen molar-refractivity contribution in [3.05, 3.63) is 53.2 Å². The molecule has 112 valence electrons. The number of benzene rings is 1. The molecule has 0 unspecified atom stereocenters. The van der Waals surface area contributed by atoms with Crippen LogP contribution < -0.4 is 5.32 Å². The first-order valence-corrected chi connectivity index (χ1v) is 8.72. The van der Waals surface area contributed by atoms with Gasteiger partial charge in [-0.3, -0.25) is 4.79 Å². The fourth-order valence-corrected chi connectivity index (χ4v) is 3.58. The third kappa shape index (κ3) is 3.64. The highest BCUT2D eigenvalue weighted by molar-refractivity contribution is 8.00. The van der Waals surface area contributed by atoms with Gasteiger partial charge in [0.1, 0.15) is 16.2 Å². The smallest absolute Gasteiger partial charge is 0.230 e. The first-order valence-electron chi connectivity index (χ1n) is 6.85. The minimum absolute atomic E-state index is 0.00701. The molecule has 0 saturated heterocycles. The van der Waals surface area contributed by atoms with Crippen molar-refractivity contribution < 1.29 is 4.79 Å². The highest BCUT2D eigenvalue weighted by Gasteiger charge is 2.08. The van der Waals surface area contributed by atoms with Crippen molar-refractivity contribution in [3.8, 4) is 0 Å². The van der Waals surface area contributed by atoms with Crippen molar-refractivity contribution in [2.24, 2.45) is 0 Å². The molecule has 2 aromatic heterocycles. The van der Waals surface area contributed by atoms with E-state index in [1.54, 1.807) is 17.7 Å². The molecule has 0 atom stereocenters. The number of nitrogens with zero attached hydrogens (tertiary/aromatic N) is 2. The number of rotatable bonds is 5. The predicted molar refractivity (Wildman–Crippen MR) is 91.2 cm³/mol. The maximum atomic E-state index is 12.0. The Morgan fingerprint density at radius 2 is 2.05 bits per heavy atom. The monoisotopic (exact) mass is 329 g/mol. The van der Waals surface area contributed by atoms with Gasteiger partial charge in [0.25, 0.3) is 0 Å². The lowest BCUT2D eigenvalue weighted by molar-refractivity contribution is -0.118. The SMILES string of the molecule is Cc1ccc(CNC(=O)CSc2ncnc3sccc23)cc1. The molecular formula is C16H15N3OS2. The van der Waals surface area contributed by atoms with Crippen LogP contribution in [0.25, 0.3) is 10.2 Å². The summed E-state index contributed by atoms with van der Waals surface area (Å²) < 4.78 is 0. The number of thioether (sulfide) groups is 1. The lowest BCUT2D eigenvalue weighted by Crippen LogP contribution is -2.24. The lowest BCUT2D eigenvalue weighted by atomic mass is 10.1. The summed E-state index contributed by atoms with van der Waals surface area (Å²) in [7, 11) is 0. The average molecular weight is 329 g/mol. The standard InChI is InChI=1S/C16H15N3OS2/c1-11-2-4-12(5-3-11)8-17-14(20)9-22-16-13-6-7-21-15(13)18-10-19-16/h2-7,10H,8-9H2,1H3,(H,17,20). The fraction of sp³-hybridized carbons (Fsp3) is 0.188. The second-order valence-electron chi connectivity index (χ2n) is 4.87. The number of aryl methyl sites for hydroxylation is 1. The number of nitrogens with one attached hydrogen (secondary N) is 1. The second kappa shape index (κ2) is 6.89. The van der Waals surface area contributed by atoms with Crippen molar-refractivity contribution >= 4 is 39.2 Å². The minimum atomic E-state index is 0.00701. The Hall–Kier alpha value is -1.92. The van der Waals surface area contributed by atoms with Gasteiger partial charge in [0, 0.05) is 11.9 Å². The fourth-order valence-electron chi connectivity index (χ4n) is 1.97. The van der Waals surface area contributed by atoms with Crippen LogP contribution >= 0.6 is 23.1 Å². The molecule has 4 nitrogen and oxygen atoms in total. The number of hydrogen-bond donors (Lipinski definition) is 1. The second-order valence-corrected chi connectivity index (χ2v) is 6.73. The zero-order valence-corrected chi connectivity index (χ0v) is 13.7. The molecule has 3 rings (SSSR count). The first kappa shape index (κ1) is 15.0. The van der Waals surface area contributed by atoms with E-state index in [-0.39, 0.29) is 5.91 Å². The van der Waals surface area contributed by atoms with Gasteiger partial charge in [-0.15, -0.1) is 11.3 Å². The third-order valence-corrected chi connectivity index (χ3v) is 5.00. The van der Waals surface area contributed by atoms with Gasteiger partial charge in [-0.25, -0.2) is 9.97 Å². The van der Waals surface area contributed by atoms with Gasteiger partial charge >= 0.3 is 0 Å². The quantitative estimate of drug-likeness (QED) is 0.576. The minimum Gasteiger partial charge on any atom is -0.351 e. The molecule has 0 aliphatic carbocycles. The first-order chi connectivity index (χ1) is 10.7. The number of amides is 1. The molecular weight excluding hydrogens is 314 g/mol. The Morgan fingerprint density at radius 1 is 1.23 bits per heavy atom. The Labute approximate surface area is 137 Å². The normalized spacial score (nSPS) is 10.8. The van der Waals surface area contributed by atoms with Gasteiger partial charge in [-0.2, -0.15) is 0 Å². The summed E-state index contributed by atoms with van der Waals surface area (Å²) in [6.07, 6.45) is 1.55. The molecule has 0 bridgehead atoms. The van der Waals surface area contributed by atoms with Crippen LogP contribution in [0.5, 0.6) is 0 Å². The zero-order valence-electron chi connectivity index (χ0n) is 12.1. The topological polar surface area (TPSA) is 54.9 Å². The maximum absolute atomic E-state index is 12.0. The maximum Gasteiger partial charge on any atom is 0.230 e. The van der Waals surface area contributed by atoms with Gasteiger partial charge in [-0.1, -0.05) is 41.6 Å². The summed E-state index contributed by atoms with van der Waals surface area (Å²) in [4.78, 5) is 21.4. The Kier molecular flexibility index (Phi) is 4.70. The number of thiophene rings is 1. The number of hydrogen-bond acceptors (Lipinski definition) is 5. The Morgan fingerprint density at radius 3 is 2.86 bits per heavy atom. The Balaban J connectivity index is 1.54. The van der Waals surface area contributed by atoms with Gasteiger partial charge in [0.05, 0.1) is 5.75 Å². The van der Waals surface area contributed by atoms with Crippen molar-refractivity contribution in [2.45, 2.75) is 18.5 Å². The van der Waals surface area contributed by atoms with Gasteiger partial charge in [-0.05, 0) is 23.9 Å². The number of fused-ring (bicyclic) bond motifs is 1. The third-order valence-electron chi connectivity index (χ3n) is 3.18. The molecule has 2 heterocycles. The van der Waals surface area contributed by atoms with Crippen molar-refractivity contribution in [1.29, 1.82) is 0 Å². The summed E-state index contributed by atoms with van der Waals surface area (Å²) in [5.74, 6) is 0.362. The summed E-state index contributed by atoms with van der Waals surface area (Å²) in [5.41, 5.74) is 2.32. The molecule has 6 heteroatoms. The van der Waals surface area contributed by atoms with E-state index in [1.807, 2.05) is 42.6 Å². The number of carbonyl (C=O) groups is 1. The largest absolute Gasteiger partial charge is 0.351 e. The van der Waals surface area contributed by atoms with Gasteiger partial charge in [0.2, 0.25) is 5.91 Å². The molecule has 1 aromatic carbocycles. The molecule has 22 heavy (non-hydrogen) atoms. The molecule has 1 N–H and O–H groups in total. The van der Waals surface area contributed by atoms with Gasteiger partial charge < -0.3 is 5.32 Å². The van der Waals surface area contributed by atoms with E-state index >= 15 is 0 Å². The molecule has 0 saturated carbocycles. The van der Waals surface area contributed by atoms with Crippen molar-refractivity contribution in [1.82, 2.24) is 15.3 Å². The number of aromatic nitrogens is 2. The molecule has 3 aromatic rings. The van der Waals surface area contributed by atoms with Gasteiger partial charge in [0.15, 0.2) is 0 Å². The summed E-state index contributed by atoms with van der Waals surface area (Å²) in [6.45, 7) is 2.60. The van der Waals surface area contributed by atoms with Crippen LogP contribution in [0.2, 0.25) is 0 Å². The zero-order chi connectivity index (χ0) is 15.4. The van der Waals surface area contributed by atoms with E-state index in [0.717, 1.165) is 20.8 Å². The van der Waals surface area contributed by atoms with Crippen molar-refractivity contribution in [3.63, 3.8) is 0 Å². The van der Waals surface area contributed by atoms with Crippen LogP contribution in [0.15, 0.2) is 47.1 Å². The van der Waals surface area contributed by atoms with E-state index in [1.165, 1.54) is 17.3 Å². The molecule has 0 aliphatic heterocycles. The van der Waals surface area contributed by atoms with E-state index in [0.29, 0.717) is 12.3 Å². The highest BCUT2D eigenvalue weighted by Crippen LogP contribution is 2.27. The van der Waals surface area contributed by atoms with E-state index in [4.69, 9.17) is 0 Å².